The summed E-state index contributed by atoms with van der Waals surface area (Å²) in [6.07, 6.45) is 1.07. The quantitative estimate of drug-likeness (QED) is 0.474. The van der Waals surface area contributed by atoms with E-state index in [2.05, 4.69) is 26.1 Å². The Hall–Kier alpha value is -3.07. The van der Waals surface area contributed by atoms with Crippen molar-refractivity contribution < 1.29 is 22.7 Å². The fourth-order valence-corrected chi connectivity index (χ4v) is 4.59. The fraction of sp³-hybridized carbons (Fsp3) is 0.500. The average Bonchev–Trinajstić information content (AvgIpc) is 2.82. The molecule has 2 aromatic carbocycles. The van der Waals surface area contributed by atoms with E-state index in [0.717, 1.165) is 21.7 Å². The van der Waals surface area contributed by atoms with E-state index < -0.39 is 28.5 Å². The minimum Gasteiger partial charge on any atom is -0.497 e. The van der Waals surface area contributed by atoms with Crippen molar-refractivity contribution in [3.05, 3.63) is 59.7 Å². The molecule has 0 fully saturated rings. The molecule has 37 heavy (non-hydrogen) atoms. The normalized spacial score (nSPS) is 12.7. The number of rotatable bonds is 11. The van der Waals surface area contributed by atoms with Crippen LogP contribution in [0.4, 0.5) is 5.69 Å². The van der Waals surface area contributed by atoms with Gasteiger partial charge in [-0.15, -0.1) is 0 Å². The van der Waals surface area contributed by atoms with Gasteiger partial charge in [0.05, 0.1) is 19.1 Å². The molecule has 0 saturated carbocycles. The number of sulfonamides is 1. The van der Waals surface area contributed by atoms with Gasteiger partial charge in [0, 0.05) is 13.1 Å². The maximum absolute atomic E-state index is 13.7. The molecule has 2 aromatic rings. The molecule has 9 heteroatoms. The fourth-order valence-electron chi connectivity index (χ4n) is 3.74. The third-order valence-electron chi connectivity index (χ3n) is 6.04. The largest absolute Gasteiger partial charge is 0.497 e. The van der Waals surface area contributed by atoms with Crippen LogP contribution in [0.25, 0.3) is 0 Å². The number of anilines is 1. The number of ether oxygens (including phenoxy) is 1. The van der Waals surface area contributed by atoms with Crippen LogP contribution in [-0.2, 0) is 31.6 Å². The van der Waals surface area contributed by atoms with E-state index in [0.29, 0.717) is 18.0 Å². The second kappa shape index (κ2) is 12.4. The number of hydrogen-bond donors (Lipinski definition) is 1. The van der Waals surface area contributed by atoms with E-state index in [1.165, 1.54) is 4.90 Å². The number of methoxy groups -OCH3 is 1. The lowest BCUT2D eigenvalue weighted by atomic mass is 9.87. The second-order valence-corrected chi connectivity index (χ2v) is 12.7. The Labute approximate surface area is 222 Å². The van der Waals surface area contributed by atoms with E-state index >= 15 is 0 Å². The standard InChI is InChI=1S/C28H41N3O5S/c1-20(2)17-29-27(33)21(3)30(18-22-10-9-11-25(16-22)36-7)26(32)19-31(37(8,34)35)24-14-12-23(13-15-24)28(4,5)6/h9-16,20-21H,17-19H2,1-8H3,(H,29,33). The molecule has 0 heterocycles. The van der Waals surface area contributed by atoms with Crippen LogP contribution >= 0.6 is 0 Å². The number of benzene rings is 2. The molecular weight excluding hydrogens is 490 g/mol. The molecule has 1 N–H and O–H groups in total. The van der Waals surface area contributed by atoms with E-state index in [1.54, 1.807) is 44.4 Å². The molecule has 0 aliphatic rings. The van der Waals surface area contributed by atoms with Crippen LogP contribution < -0.4 is 14.4 Å². The molecule has 0 aliphatic heterocycles. The summed E-state index contributed by atoms with van der Waals surface area (Å²) >= 11 is 0. The number of nitrogens with zero attached hydrogens (tertiary/aromatic N) is 2. The van der Waals surface area contributed by atoms with E-state index in [1.807, 2.05) is 32.0 Å². The van der Waals surface area contributed by atoms with Gasteiger partial charge in [-0.1, -0.05) is 58.9 Å². The van der Waals surface area contributed by atoms with Crippen molar-refractivity contribution >= 4 is 27.5 Å². The molecule has 0 aliphatic carbocycles. The van der Waals surface area contributed by atoms with Crippen molar-refractivity contribution in [3.8, 4) is 5.75 Å². The molecule has 1 unspecified atom stereocenters. The van der Waals surface area contributed by atoms with Gasteiger partial charge in [0.15, 0.2) is 0 Å². The van der Waals surface area contributed by atoms with E-state index in [4.69, 9.17) is 4.74 Å². The van der Waals surface area contributed by atoms with Crippen molar-refractivity contribution in [2.24, 2.45) is 5.92 Å². The summed E-state index contributed by atoms with van der Waals surface area (Å²) in [6.45, 7) is 12.0. The van der Waals surface area contributed by atoms with Crippen LogP contribution in [0.15, 0.2) is 48.5 Å². The maximum atomic E-state index is 13.7. The molecule has 0 radical (unpaired) electrons. The average molecular weight is 532 g/mol. The predicted octanol–water partition coefficient (Wildman–Crippen LogP) is 3.95. The Morgan fingerprint density at radius 2 is 1.65 bits per heavy atom. The number of carbonyl (C=O) groups excluding carboxylic acids is 2. The lowest BCUT2D eigenvalue weighted by Crippen LogP contribution is -2.51. The highest BCUT2D eigenvalue weighted by Crippen LogP contribution is 2.26. The van der Waals surface area contributed by atoms with Crippen molar-refractivity contribution in [2.45, 2.75) is 59.5 Å². The first-order chi connectivity index (χ1) is 17.1. The van der Waals surface area contributed by atoms with Crippen LogP contribution in [0.2, 0.25) is 0 Å². The van der Waals surface area contributed by atoms with Crippen LogP contribution in [0.1, 0.15) is 52.7 Å². The Kier molecular flexibility index (Phi) is 10.1. The Morgan fingerprint density at radius 1 is 1.03 bits per heavy atom. The molecule has 0 aromatic heterocycles. The van der Waals surface area contributed by atoms with Crippen molar-refractivity contribution in [3.63, 3.8) is 0 Å². The van der Waals surface area contributed by atoms with Gasteiger partial charge in [0.1, 0.15) is 18.3 Å². The number of hydrogen-bond acceptors (Lipinski definition) is 5. The van der Waals surface area contributed by atoms with Gasteiger partial charge in [-0.25, -0.2) is 8.42 Å². The van der Waals surface area contributed by atoms with Gasteiger partial charge in [0.2, 0.25) is 21.8 Å². The number of carbonyl (C=O) groups is 2. The van der Waals surface area contributed by atoms with E-state index in [9.17, 15) is 18.0 Å². The highest BCUT2D eigenvalue weighted by Gasteiger charge is 2.30. The van der Waals surface area contributed by atoms with Crippen molar-refractivity contribution in [1.29, 1.82) is 0 Å². The van der Waals surface area contributed by atoms with Crippen LogP contribution in [0.5, 0.6) is 5.75 Å². The summed E-state index contributed by atoms with van der Waals surface area (Å²) in [5.41, 5.74) is 2.10. The first-order valence-corrected chi connectivity index (χ1v) is 14.3. The minimum atomic E-state index is -3.78. The molecule has 1 atom stereocenters. The third-order valence-corrected chi connectivity index (χ3v) is 7.18. The molecule has 2 rings (SSSR count). The zero-order valence-corrected chi connectivity index (χ0v) is 24.1. The van der Waals surface area contributed by atoms with Crippen molar-refractivity contribution in [1.82, 2.24) is 10.2 Å². The maximum Gasteiger partial charge on any atom is 0.244 e. The molecular formula is C28H41N3O5S. The first kappa shape index (κ1) is 30.2. The zero-order valence-electron chi connectivity index (χ0n) is 23.2. The molecule has 8 nitrogen and oxygen atoms in total. The van der Waals surface area contributed by atoms with Crippen LogP contribution in [0, 0.1) is 5.92 Å². The minimum absolute atomic E-state index is 0.101. The number of nitrogens with one attached hydrogen (secondary N) is 1. The summed E-state index contributed by atoms with van der Waals surface area (Å²) in [5.74, 6) is 0.0831. The molecule has 0 saturated heterocycles. The SMILES string of the molecule is COc1cccc(CN(C(=O)CN(c2ccc(C(C)(C)C)cc2)S(C)(=O)=O)C(C)C(=O)NCC(C)C)c1. The van der Waals surface area contributed by atoms with Gasteiger partial charge < -0.3 is 15.0 Å². The molecule has 204 valence electrons. The molecule has 2 amide bonds. The highest BCUT2D eigenvalue weighted by atomic mass is 32.2. The van der Waals surface area contributed by atoms with Crippen molar-refractivity contribution in [2.75, 3.05) is 30.8 Å². The number of amides is 2. The summed E-state index contributed by atoms with van der Waals surface area (Å²) < 4.78 is 31.9. The molecule has 0 spiro atoms. The zero-order chi connectivity index (χ0) is 28.0. The summed E-state index contributed by atoms with van der Waals surface area (Å²) in [6, 6.07) is 13.6. The monoisotopic (exact) mass is 531 g/mol. The predicted molar refractivity (Wildman–Crippen MR) is 148 cm³/mol. The highest BCUT2D eigenvalue weighted by molar-refractivity contribution is 7.92. The molecule has 0 bridgehead atoms. The van der Waals surface area contributed by atoms with Gasteiger partial charge in [-0.05, 0) is 53.6 Å². The van der Waals surface area contributed by atoms with Crippen LogP contribution in [0.3, 0.4) is 0 Å². The summed E-state index contributed by atoms with van der Waals surface area (Å²) in [4.78, 5) is 28.0. The van der Waals surface area contributed by atoms with Crippen LogP contribution in [-0.4, -0.2) is 57.6 Å². The summed E-state index contributed by atoms with van der Waals surface area (Å²) in [5, 5.41) is 2.87. The lowest BCUT2D eigenvalue weighted by molar-refractivity contribution is -0.139. The first-order valence-electron chi connectivity index (χ1n) is 12.4. The Balaban J connectivity index is 2.40. The van der Waals surface area contributed by atoms with Gasteiger partial charge in [0.25, 0.3) is 0 Å². The topological polar surface area (TPSA) is 96.0 Å². The van der Waals surface area contributed by atoms with Gasteiger partial charge in [-0.2, -0.15) is 0 Å². The van der Waals surface area contributed by atoms with Gasteiger partial charge in [-0.3, -0.25) is 13.9 Å². The third kappa shape index (κ3) is 8.77. The summed E-state index contributed by atoms with van der Waals surface area (Å²) in [7, 11) is -2.23. The van der Waals surface area contributed by atoms with Gasteiger partial charge >= 0.3 is 0 Å². The van der Waals surface area contributed by atoms with E-state index in [-0.39, 0.29) is 23.8 Å². The Bertz CT molecular complexity index is 1170. The smallest absolute Gasteiger partial charge is 0.244 e. The second-order valence-electron chi connectivity index (χ2n) is 10.8. The Morgan fingerprint density at radius 3 is 2.16 bits per heavy atom. The lowest BCUT2D eigenvalue weighted by Gasteiger charge is -2.32.